The van der Waals surface area contributed by atoms with Crippen LogP contribution < -0.4 is 10.6 Å². The molecule has 132 valence electrons. The molecule has 0 aliphatic rings. The van der Waals surface area contributed by atoms with Gasteiger partial charge in [-0.2, -0.15) is 0 Å². The Morgan fingerprint density at radius 2 is 2.04 bits per heavy atom. The largest absolute Gasteiger partial charge is 0.356 e. The highest BCUT2D eigenvalue weighted by Crippen LogP contribution is 2.26. The van der Waals surface area contributed by atoms with Crippen molar-refractivity contribution in [2.45, 2.75) is 52.0 Å². The zero-order valence-corrected chi connectivity index (χ0v) is 16.5. The maximum atomic E-state index is 4.32. The first kappa shape index (κ1) is 20.0. The zero-order valence-electron chi connectivity index (χ0n) is 15.6. The molecular weight excluding hydrogens is 304 g/mol. The molecule has 2 N–H and O–H groups in total. The highest BCUT2D eigenvalue weighted by atomic mass is 32.1. The number of unbranched alkanes of at least 4 members (excludes halogenated alkanes) is 1. The van der Waals surface area contributed by atoms with Gasteiger partial charge in [-0.25, -0.2) is 0 Å². The van der Waals surface area contributed by atoms with E-state index in [-0.39, 0.29) is 5.41 Å². The Morgan fingerprint density at radius 3 is 2.61 bits per heavy atom. The smallest absolute Gasteiger partial charge is 0.191 e. The number of nitrogens with zero attached hydrogens (tertiary/aromatic N) is 2. The molecule has 0 aromatic carbocycles. The molecule has 0 aliphatic heterocycles. The summed E-state index contributed by atoms with van der Waals surface area (Å²) < 4.78 is 0. The summed E-state index contributed by atoms with van der Waals surface area (Å²) in [7, 11) is 4.02. The lowest BCUT2D eigenvalue weighted by atomic mass is 9.91. The Bertz CT molecular complexity index is 452. The number of hydrogen-bond acceptors (Lipinski definition) is 3. The summed E-state index contributed by atoms with van der Waals surface area (Å²) in [4.78, 5) is 8.11. The molecule has 4 nitrogen and oxygen atoms in total. The third kappa shape index (κ3) is 7.36. The van der Waals surface area contributed by atoms with Crippen LogP contribution in [-0.4, -0.2) is 50.6 Å². The minimum atomic E-state index is 0.117. The maximum absolute atomic E-state index is 4.32. The van der Waals surface area contributed by atoms with E-state index in [0.717, 1.165) is 32.0 Å². The fourth-order valence-corrected chi connectivity index (χ4v) is 3.08. The second kappa shape index (κ2) is 9.93. The third-order valence-corrected chi connectivity index (χ3v) is 5.46. The van der Waals surface area contributed by atoms with Crippen molar-refractivity contribution in [1.82, 2.24) is 15.5 Å². The summed E-state index contributed by atoms with van der Waals surface area (Å²) in [6, 6.07) is 4.94. The molecule has 0 saturated carbocycles. The average molecular weight is 339 g/mol. The summed E-state index contributed by atoms with van der Waals surface area (Å²) in [5.74, 6) is 0.895. The molecule has 0 atom stereocenters. The highest BCUT2D eigenvalue weighted by molar-refractivity contribution is 7.10. The van der Waals surface area contributed by atoms with Crippen LogP contribution in [0.1, 0.15) is 45.4 Å². The topological polar surface area (TPSA) is 39.7 Å². The number of hydrogen-bond donors (Lipinski definition) is 2. The van der Waals surface area contributed by atoms with Crippen LogP contribution in [0, 0.1) is 0 Å². The van der Waals surface area contributed by atoms with Crippen molar-refractivity contribution in [2.75, 3.05) is 33.7 Å². The van der Waals surface area contributed by atoms with E-state index in [0.29, 0.717) is 6.04 Å². The van der Waals surface area contributed by atoms with Gasteiger partial charge in [0.15, 0.2) is 5.96 Å². The van der Waals surface area contributed by atoms with Crippen LogP contribution >= 0.6 is 11.3 Å². The molecule has 0 saturated heterocycles. The van der Waals surface area contributed by atoms with Crippen LogP contribution in [0.5, 0.6) is 0 Å². The van der Waals surface area contributed by atoms with Gasteiger partial charge in [-0.3, -0.25) is 4.99 Å². The third-order valence-electron chi connectivity index (χ3n) is 4.22. The average Bonchev–Trinajstić information content (AvgIpc) is 3.04. The normalized spacial score (nSPS) is 13.0. The molecule has 23 heavy (non-hydrogen) atoms. The maximum Gasteiger partial charge on any atom is 0.191 e. The summed E-state index contributed by atoms with van der Waals surface area (Å²) in [6.07, 6.45) is 2.37. The van der Waals surface area contributed by atoms with Gasteiger partial charge < -0.3 is 15.5 Å². The highest BCUT2D eigenvalue weighted by Gasteiger charge is 2.21. The van der Waals surface area contributed by atoms with Crippen LogP contribution in [0.2, 0.25) is 0 Å². The molecule has 1 rings (SSSR count). The second-order valence-corrected chi connectivity index (χ2v) is 7.94. The fourth-order valence-electron chi connectivity index (χ4n) is 2.23. The molecule has 0 bridgehead atoms. The first-order valence-electron chi connectivity index (χ1n) is 8.55. The Morgan fingerprint density at radius 1 is 1.30 bits per heavy atom. The number of nitrogens with one attached hydrogen (secondary N) is 2. The Balaban J connectivity index is 2.25. The fraction of sp³-hybridized carbons (Fsp3) is 0.722. The summed E-state index contributed by atoms with van der Waals surface area (Å²) in [6.45, 7) is 12.0. The van der Waals surface area contributed by atoms with Crippen molar-refractivity contribution in [3.63, 3.8) is 0 Å². The van der Waals surface area contributed by atoms with Crippen molar-refractivity contribution >= 4 is 17.3 Å². The summed E-state index contributed by atoms with van der Waals surface area (Å²) >= 11 is 1.81. The molecule has 0 amide bonds. The van der Waals surface area contributed by atoms with Crippen molar-refractivity contribution in [1.29, 1.82) is 0 Å². The van der Waals surface area contributed by atoms with Gasteiger partial charge in [-0.05, 0) is 51.7 Å². The Labute approximate surface area is 146 Å². The van der Waals surface area contributed by atoms with E-state index in [9.17, 15) is 0 Å². The standard InChI is InChI=1S/C18H34N4S/c1-15(2)22(6)12-8-7-11-20-17(19-5)21-14-18(3,4)16-10-9-13-23-16/h9-10,13,15H,7-8,11-12,14H2,1-6H3,(H2,19,20,21). The lowest BCUT2D eigenvalue weighted by molar-refractivity contribution is 0.268. The number of guanidine groups is 1. The van der Waals surface area contributed by atoms with Crippen LogP contribution in [0.4, 0.5) is 0 Å². The van der Waals surface area contributed by atoms with Crippen molar-refractivity contribution in [3.05, 3.63) is 22.4 Å². The lowest BCUT2D eigenvalue weighted by Crippen LogP contribution is -2.43. The number of rotatable bonds is 9. The SMILES string of the molecule is CN=C(NCCCCN(C)C(C)C)NCC(C)(C)c1cccs1. The monoisotopic (exact) mass is 338 g/mol. The number of aliphatic imine (C=N–C) groups is 1. The van der Waals surface area contributed by atoms with Gasteiger partial charge in [0.05, 0.1) is 0 Å². The quantitative estimate of drug-likeness (QED) is 0.412. The van der Waals surface area contributed by atoms with E-state index in [4.69, 9.17) is 0 Å². The molecule has 1 heterocycles. The molecule has 0 spiro atoms. The molecule has 1 aromatic heterocycles. The van der Waals surface area contributed by atoms with E-state index in [2.05, 4.69) is 72.8 Å². The van der Waals surface area contributed by atoms with E-state index < -0.39 is 0 Å². The Kier molecular flexibility index (Phi) is 8.63. The van der Waals surface area contributed by atoms with Crippen molar-refractivity contribution in [3.8, 4) is 0 Å². The number of thiophene rings is 1. The molecule has 1 aromatic rings. The van der Waals surface area contributed by atoms with Crippen molar-refractivity contribution in [2.24, 2.45) is 4.99 Å². The predicted molar refractivity (Wildman–Crippen MR) is 104 cm³/mol. The molecule has 0 unspecified atom stereocenters. The molecule has 0 fully saturated rings. The van der Waals surface area contributed by atoms with E-state index in [1.165, 1.54) is 11.3 Å². The van der Waals surface area contributed by atoms with Gasteiger partial charge in [-0.15, -0.1) is 11.3 Å². The van der Waals surface area contributed by atoms with Gasteiger partial charge in [0.25, 0.3) is 0 Å². The van der Waals surface area contributed by atoms with E-state index >= 15 is 0 Å². The minimum absolute atomic E-state index is 0.117. The zero-order chi connectivity index (χ0) is 17.3. The summed E-state index contributed by atoms with van der Waals surface area (Å²) in [5.41, 5.74) is 0.117. The van der Waals surface area contributed by atoms with Gasteiger partial charge in [-0.1, -0.05) is 19.9 Å². The van der Waals surface area contributed by atoms with Crippen LogP contribution in [0.15, 0.2) is 22.5 Å². The van der Waals surface area contributed by atoms with E-state index in [1.54, 1.807) is 0 Å². The van der Waals surface area contributed by atoms with Gasteiger partial charge in [0.1, 0.15) is 0 Å². The van der Waals surface area contributed by atoms with Gasteiger partial charge in [0, 0.05) is 36.5 Å². The van der Waals surface area contributed by atoms with Crippen LogP contribution in [0.3, 0.4) is 0 Å². The second-order valence-electron chi connectivity index (χ2n) is 7.00. The first-order chi connectivity index (χ1) is 10.9. The summed E-state index contributed by atoms with van der Waals surface area (Å²) in [5, 5.41) is 9.00. The molecule has 0 radical (unpaired) electrons. The molecule has 5 heteroatoms. The van der Waals surface area contributed by atoms with Crippen LogP contribution in [-0.2, 0) is 5.41 Å². The molecular formula is C18H34N4S. The Hall–Kier alpha value is -1.07. The van der Waals surface area contributed by atoms with Gasteiger partial charge in [0.2, 0.25) is 0 Å². The minimum Gasteiger partial charge on any atom is -0.356 e. The van der Waals surface area contributed by atoms with E-state index in [1.807, 2.05) is 18.4 Å². The predicted octanol–water partition coefficient (Wildman–Crippen LogP) is 3.31. The van der Waals surface area contributed by atoms with Gasteiger partial charge >= 0.3 is 0 Å². The lowest BCUT2D eigenvalue weighted by Gasteiger charge is -2.25. The molecule has 0 aliphatic carbocycles. The van der Waals surface area contributed by atoms with Crippen LogP contribution in [0.25, 0.3) is 0 Å². The van der Waals surface area contributed by atoms with Crippen molar-refractivity contribution < 1.29 is 0 Å². The first-order valence-corrected chi connectivity index (χ1v) is 9.43.